The highest BCUT2D eigenvalue weighted by atomic mass is 16.3. The Hall–Kier alpha value is -2.22. The Bertz CT molecular complexity index is 943. The van der Waals surface area contributed by atoms with Crippen LogP contribution >= 0.6 is 0 Å². The molecular formula is C29H39NO. The zero-order chi connectivity index (χ0) is 22.0. The van der Waals surface area contributed by atoms with E-state index in [-0.39, 0.29) is 5.41 Å². The molecule has 2 fully saturated rings. The predicted octanol–water partition coefficient (Wildman–Crippen LogP) is 7.77. The summed E-state index contributed by atoms with van der Waals surface area (Å²) in [7, 11) is 4.35. The quantitative estimate of drug-likeness (QED) is 0.421. The first-order chi connectivity index (χ1) is 14.8. The normalized spacial score (nSPS) is 16.2. The molecule has 2 aromatic rings. The Balaban J connectivity index is 1.40. The van der Waals surface area contributed by atoms with E-state index in [1.165, 1.54) is 62.5 Å². The molecule has 4 rings (SSSR count). The van der Waals surface area contributed by atoms with Crippen LogP contribution in [0.15, 0.2) is 53.7 Å². The number of benzene rings is 2. The number of nitrogens with zero attached hydrogens (tertiary/aromatic N) is 1. The van der Waals surface area contributed by atoms with Crippen LogP contribution in [0.1, 0.15) is 88.7 Å². The molecule has 0 spiro atoms. The molecule has 2 nitrogen and oxygen atoms in total. The standard InChI is InChI=1S/C29H39NO/c1-29(2,18-6-5-13-27(30(3)4)22-14-15-22)25-16-17-26(28(31)20-25)24-12-8-11-23(19-24)21-9-7-10-21/h8,11-12,16-17,19-21,31H,5-7,9-10,13-15,18H2,1-4H3. The highest BCUT2D eigenvalue weighted by molar-refractivity contribution is 5.71. The summed E-state index contributed by atoms with van der Waals surface area (Å²) in [6.45, 7) is 4.62. The van der Waals surface area contributed by atoms with Crippen LogP contribution in [0.25, 0.3) is 11.1 Å². The molecule has 166 valence electrons. The molecule has 0 radical (unpaired) electrons. The number of hydrogen-bond donors (Lipinski definition) is 1. The van der Waals surface area contributed by atoms with Gasteiger partial charge in [0.05, 0.1) is 0 Å². The second-order valence-corrected chi connectivity index (χ2v) is 10.5. The molecule has 2 aliphatic carbocycles. The van der Waals surface area contributed by atoms with Crippen molar-refractivity contribution in [2.75, 3.05) is 14.1 Å². The summed E-state index contributed by atoms with van der Waals surface area (Å²) in [4.78, 5) is 2.31. The van der Waals surface area contributed by atoms with Gasteiger partial charge in [0.15, 0.2) is 0 Å². The lowest BCUT2D eigenvalue weighted by atomic mass is 9.78. The third-order valence-corrected chi connectivity index (χ3v) is 7.47. The predicted molar refractivity (Wildman–Crippen MR) is 132 cm³/mol. The number of unbranched alkanes of at least 4 members (excludes halogenated alkanes) is 1. The van der Waals surface area contributed by atoms with E-state index in [1.807, 2.05) is 6.07 Å². The maximum Gasteiger partial charge on any atom is 0.123 e. The molecule has 0 unspecified atom stereocenters. The fourth-order valence-corrected chi connectivity index (χ4v) is 4.97. The molecule has 0 heterocycles. The van der Waals surface area contributed by atoms with E-state index in [1.54, 1.807) is 11.3 Å². The van der Waals surface area contributed by atoms with Crippen LogP contribution in [0, 0.1) is 0 Å². The summed E-state index contributed by atoms with van der Waals surface area (Å²) >= 11 is 0. The third-order valence-electron chi connectivity index (χ3n) is 7.47. The van der Waals surface area contributed by atoms with E-state index in [0.717, 1.165) is 17.5 Å². The molecule has 31 heavy (non-hydrogen) atoms. The summed E-state index contributed by atoms with van der Waals surface area (Å²) < 4.78 is 0. The van der Waals surface area contributed by atoms with Crippen LogP contribution in [0.2, 0.25) is 0 Å². The fraction of sp³-hybridized carbons (Fsp3) is 0.517. The zero-order valence-corrected chi connectivity index (χ0v) is 19.9. The van der Waals surface area contributed by atoms with Gasteiger partial charge in [0.1, 0.15) is 5.75 Å². The Morgan fingerprint density at radius 1 is 1.03 bits per heavy atom. The van der Waals surface area contributed by atoms with E-state index in [0.29, 0.717) is 11.7 Å². The highest BCUT2D eigenvalue weighted by Crippen LogP contribution is 2.40. The molecule has 2 saturated carbocycles. The Morgan fingerprint density at radius 3 is 2.42 bits per heavy atom. The van der Waals surface area contributed by atoms with Gasteiger partial charge in [-0.25, -0.2) is 0 Å². The van der Waals surface area contributed by atoms with Gasteiger partial charge in [-0.1, -0.05) is 68.7 Å². The van der Waals surface area contributed by atoms with E-state index in [9.17, 15) is 5.11 Å². The Morgan fingerprint density at radius 2 is 1.81 bits per heavy atom. The van der Waals surface area contributed by atoms with Crippen LogP contribution in [-0.2, 0) is 5.41 Å². The van der Waals surface area contributed by atoms with Crippen molar-refractivity contribution in [2.24, 2.45) is 0 Å². The summed E-state index contributed by atoms with van der Waals surface area (Å²) in [5, 5.41) is 10.9. The molecular weight excluding hydrogens is 378 g/mol. The first-order valence-corrected chi connectivity index (χ1v) is 12.2. The van der Waals surface area contributed by atoms with Gasteiger partial charge in [0, 0.05) is 25.4 Å². The molecule has 0 aromatic heterocycles. The van der Waals surface area contributed by atoms with Gasteiger partial charge in [0.25, 0.3) is 0 Å². The van der Waals surface area contributed by atoms with Gasteiger partial charge in [-0.15, -0.1) is 0 Å². The van der Waals surface area contributed by atoms with Gasteiger partial charge < -0.3 is 10.0 Å². The van der Waals surface area contributed by atoms with Gasteiger partial charge in [-0.2, -0.15) is 0 Å². The lowest BCUT2D eigenvalue weighted by molar-refractivity contribution is 0.420. The van der Waals surface area contributed by atoms with E-state index < -0.39 is 0 Å². The monoisotopic (exact) mass is 417 g/mol. The van der Waals surface area contributed by atoms with Crippen LogP contribution in [0.3, 0.4) is 0 Å². The Kier molecular flexibility index (Phi) is 6.46. The van der Waals surface area contributed by atoms with Crippen molar-refractivity contribution in [1.29, 1.82) is 0 Å². The van der Waals surface area contributed by atoms with Crippen molar-refractivity contribution in [3.05, 3.63) is 64.9 Å². The lowest BCUT2D eigenvalue weighted by Crippen LogP contribution is -2.17. The minimum atomic E-state index is 0.0643. The summed E-state index contributed by atoms with van der Waals surface area (Å²) in [5.41, 5.74) is 8.02. The second kappa shape index (κ2) is 9.10. The highest BCUT2D eigenvalue weighted by Gasteiger charge is 2.24. The number of phenolic OH excluding ortho intramolecular Hbond substituents is 1. The number of rotatable bonds is 9. The summed E-state index contributed by atoms with van der Waals surface area (Å²) in [5.74, 6) is 1.12. The van der Waals surface area contributed by atoms with Gasteiger partial charge >= 0.3 is 0 Å². The number of phenols is 1. The van der Waals surface area contributed by atoms with Crippen molar-refractivity contribution in [2.45, 2.75) is 83.0 Å². The SMILES string of the molecule is CN(C)C(CCCCC(C)(C)c1ccc(-c2cccc(C3CCC3)c2)c(O)c1)=C1CC1. The average Bonchev–Trinajstić information content (AvgIpc) is 3.51. The number of allylic oxidation sites excluding steroid dienone is 2. The summed E-state index contributed by atoms with van der Waals surface area (Å²) in [6.07, 6.45) is 11.3. The van der Waals surface area contributed by atoms with Crippen molar-refractivity contribution in [1.82, 2.24) is 4.90 Å². The fourth-order valence-electron chi connectivity index (χ4n) is 4.97. The van der Waals surface area contributed by atoms with Crippen molar-refractivity contribution >= 4 is 0 Å². The summed E-state index contributed by atoms with van der Waals surface area (Å²) in [6, 6.07) is 15.1. The molecule has 2 aromatic carbocycles. The largest absolute Gasteiger partial charge is 0.507 e. The topological polar surface area (TPSA) is 23.5 Å². The molecule has 0 bridgehead atoms. The molecule has 1 N–H and O–H groups in total. The second-order valence-electron chi connectivity index (χ2n) is 10.5. The average molecular weight is 418 g/mol. The molecule has 0 atom stereocenters. The van der Waals surface area contributed by atoms with Crippen molar-refractivity contribution in [3.8, 4) is 16.9 Å². The Labute approximate surface area is 189 Å². The maximum absolute atomic E-state index is 10.9. The molecule has 2 heteroatoms. The molecule has 2 aliphatic rings. The van der Waals surface area contributed by atoms with Crippen LogP contribution in [0.5, 0.6) is 5.75 Å². The molecule has 0 amide bonds. The number of hydrogen-bond acceptors (Lipinski definition) is 2. The maximum atomic E-state index is 10.9. The lowest BCUT2D eigenvalue weighted by Gasteiger charge is -2.27. The number of aromatic hydroxyl groups is 1. The smallest absolute Gasteiger partial charge is 0.123 e. The minimum Gasteiger partial charge on any atom is -0.507 e. The van der Waals surface area contributed by atoms with E-state index >= 15 is 0 Å². The minimum absolute atomic E-state index is 0.0643. The van der Waals surface area contributed by atoms with Gasteiger partial charge in [0.2, 0.25) is 0 Å². The van der Waals surface area contributed by atoms with Crippen LogP contribution in [0.4, 0.5) is 0 Å². The third kappa shape index (κ3) is 5.17. The zero-order valence-electron chi connectivity index (χ0n) is 19.9. The van der Waals surface area contributed by atoms with Gasteiger partial charge in [-0.05, 0) is 79.0 Å². The first-order valence-electron chi connectivity index (χ1n) is 12.2. The van der Waals surface area contributed by atoms with Crippen molar-refractivity contribution in [3.63, 3.8) is 0 Å². The first kappa shape index (κ1) is 22.0. The van der Waals surface area contributed by atoms with Crippen molar-refractivity contribution < 1.29 is 5.11 Å². The van der Waals surface area contributed by atoms with Crippen LogP contribution in [-0.4, -0.2) is 24.1 Å². The van der Waals surface area contributed by atoms with Gasteiger partial charge in [-0.3, -0.25) is 0 Å². The van der Waals surface area contributed by atoms with E-state index in [4.69, 9.17) is 0 Å². The van der Waals surface area contributed by atoms with Crippen LogP contribution < -0.4 is 0 Å². The molecule has 0 saturated heterocycles. The molecule has 0 aliphatic heterocycles. The van der Waals surface area contributed by atoms with E-state index in [2.05, 4.69) is 69.2 Å².